The summed E-state index contributed by atoms with van der Waals surface area (Å²) in [7, 11) is 1.78. The van der Waals surface area contributed by atoms with Crippen LogP contribution in [0.2, 0.25) is 0 Å². The molecule has 0 bridgehead atoms. The number of thiazole rings is 1. The Balaban J connectivity index is 2.08. The lowest BCUT2D eigenvalue weighted by Crippen LogP contribution is -2.37. The number of nitrogen functional groups attached to an aromatic ring is 1. The first-order chi connectivity index (χ1) is 8.65. The highest BCUT2D eigenvalue weighted by atomic mass is 32.1. The Morgan fingerprint density at radius 2 is 2.33 bits per heavy atom. The number of hydrogen-bond donors (Lipinski definition) is 2. The number of rotatable bonds is 5. The van der Waals surface area contributed by atoms with Crippen LogP contribution in [0, 0.1) is 5.92 Å². The second-order valence-corrected chi connectivity index (χ2v) is 5.62. The predicted molar refractivity (Wildman–Crippen MR) is 75.0 cm³/mol. The van der Waals surface area contributed by atoms with E-state index in [0.717, 1.165) is 13.1 Å². The highest BCUT2D eigenvalue weighted by molar-refractivity contribution is 7.18. The Bertz CT molecular complexity index is 428. The third-order valence-corrected chi connectivity index (χ3v) is 4.51. The smallest absolute Gasteiger partial charge is 0.267 e. The van der Waals surface area contributed by atoms with E-state index < -0.39 is 0 Å². The Morgan fingerprint density at radius 3 is 2.78 bits per heavy atom. The molecule has 1 amide bonds. The van der Waals surface area contributed by atoms with Crippen LogP contribution in [0.3, 0.4) is 0 Å². The quantitative estimate of drug-likeness (QED) is 0.857. The Hall–Kier alpha value is -1.30. The lowest BCUT2D eigenvalue weighted by atomic mass is 9.85. The minimum Gasteiger partial charge on any atom is -0.382 e. The molecule has 2 rings (SSSR count). The fraction of sp³-hybridized carbons (Fsp3) is 0.667. The molecule has 1 heterocycles. The summed E-state index contributed by atoms with van der Waals surface area (Å²) in [6.07, 6.45) is 3.77. The number of carbonyl (C=O) groups is 1. The predicted octanol–water partition coefficient (Wildman–Crippen LogP) is 2.03. The number of nitrogens with two attached hydrogens (primary N) is 1. The van der Waals surface area contributed by atoms with Crippen molar-refractivity contribution in [1.82, 2.24) is 9.88 Å². The Kier molecular flexibility index (Phi) is 4.06. The molecule has 18 heavy (non-hydrogen) atoms. The third kappa shape index (κ3) is 2.58. The van der Waals surface area contributed by atoms with Crippen molar-refractivity contribution >= 4 is 28.2 Å². The molecule has 0 atom stereocenters. The second-order valence-electron chi connectivity index (χ2n) is 4.62. The van der Waals surface area contributed by atoms with Gasteiger partial charge in [-0.1, -0.05) is 17.8 Å². The molecule has 5 nitrogen and oxygen atoms in total. The first kappa shape index (κ1) is 13.1. The van der Waals surface area contributed by atoms with E-state index in [9.17, 15) is 4.79 Å². The van der Waals surface area contributed by atoms with Crippen LogP contribution in [0.15, 0.2) is 0 Å². The molecule has 0 radical (unpaired) electrons. The van der Waals surface area contributed by atoms with E-state index in [0.29, 0.717) is 21.7 Å². The molecule has 3 N–H and O–H groups in total. The van der Waals surface area contributed by atoms with Crippen molar-refractivity contribution in [3.63, 3.8) is 0 Å². The van der Waals surface area contributed by atoms with Crippen molar-refractivity contribution < 1.29 is 4.79 Å². The number of anilines is 2. The number of nitrogens with zero attached hydrogens (tertiary/aromatic N) is 2. The minimum absolute atomic E-state index is 0.0147. The molecule has 1 aromatic heterocycles. The summed E-state index contributed by atoms with van der Waals surface area (Å²) in [6, 6.07) is 0. The monoisotopic (exact) mass is 268 g/mol. The SMILES string of the molecule is CCN(CC1CCC1)C(=O)c1sc(NC)nc1N. The normalized spacial score (nSPS) is 15.2. The van der Waals surface area contributed by atoms with Gasteiger partial charge in [0.05, 0.1) is 0 Å². The van der Waals surface area contributed by atoms with Gasteiger partial charge in [0, 0.05) is 20.1 Å². The van der Waals surface area contributed by atoms with Gasteiger partial charge in [-0.25, -0.2) is 4.98 Å². The van der Waals surface area contributed by atoms with E-state index in [1.165, 1.54) is 30.6 Å². The largest absolute Gasteiger partial charge is 0.382 e. The van der Waals surface area contributed by atoms with Crippen molar-refractivity contribution in [3.05, 3.63) is 4.88 Å². The van der Waals surface area contributed by atoms with Crippen LogP contribution in [-0.4, -0.2) is 35.9 Å². The lowest BCUT2D eigenvalue weighted by molar-refractivity contribution is 0.0712. The Labute approximate surface area is 111 Å². The van der Waals surface area contributed by atoms with Crippen LogP contribution in [-0.2, 0) is 0 Å². The number of nitrogens with one attached hydrogen (secondary N) is 1. The summed E-state index contributed by atoms with van der Waals surface area (Å²) in [5.74, 6) is 1.02. The lowest BCUT2D eigenvalue weighted by Gasteiger charge is -2.31. The van der Waals surface area contributed by atoms with Gasteiger partial charge in [0.2, 0.25) is 0 Å². The zero-order chi connectivity index (χ0) is 13.1. The van der Waals surface area contributed by atoms with Gasteiger partial charge >= 0.3 is 0 Å². The van der Waals surface area contributed by atoms with Crippen molar-refractivity contribution in [2.45, 2.75) is 26.2 Å². The van der Waals surface area contributed by atoms with E-state index in [4.69, 9.17) is 5.73 Å². The van der Waals surface area contributed by atoms with E-state index in [2.05, 4.69) is 10.3 Å². The minimum atomic E-state index is 0.0147. The van der Waals surface area contributed by atoms with E-state index in [1.54, 1.807) is 7.05 Å². The van der Waals surface area contributed by atoms with Gasteiger partial charge in [0.25, 0.3) is 5.91 Å². The fourth-order valence-electron chi connectivity index (χ4n) is 2.08. The molecule has 1 aliphatic rings. The van der Waals surface area contributed by atoms with Gasteiger partial charge in [0.15, 0.2) is 5.13 Å². The van der Waals surface area contributed by atoms with Crippen molar-refractivity contribution in [1.29, 1.82) is 0 Å². The summed E-state index contributed by atoms with van der Waals surface area (Å²) in [6.45, 7) is 3.58. The van der Waals surface area contributed by atoms with Crippen LogP contribution < -0.4 is 11.1 Å². The van der Waals surface area contributed by atoms with Crippen LogP contribution in [0.25, 0.3) is 0 Å². The second kappa shape index (κ2) is 5.56. The van der Waals surface area contributed by atoms with Gasteiger partial charge in [-0.05, 0) is 25.7 Å². The van der Waals surface area contributed by atoms with Gasteiger partial charge in [-0.15, -0.1) is 0 Å². The molecule has 1 saturated carbocycles. The number of carbonyl (C=O) groups excluding carboxylic acids is 1. The fourth-order valence-corrected chi connectivity index (χ4v) is 2.88. The Morgan fingerprint density at radius 1 is 1.61 bits per heavy atom. The number of amides is 1. The van der Waals surface area contributed by atoms with Crippen molar-refractivity contribution in [3.8, 4) is 0 Å². The summed E-state index contributed by atoms with van der Waals surface area (Å²) in [5.41, 5.74) is 5.80. The number of aromatic nitrogens is 1. The van der Waals surface area contributed by atoms with Crippen LogP contribution in [0.4, 0.5) is 10.9 Å². The first-order valence-corrected chi connectivity index (χ1v) is 7.20. The molecule has 1 aromatic rings. The highest BCUT2D eigenvalue weighted by Gasteiger charge is 2.26. The third-order valence-electron chi connectivity index (χ3n) is 3.43. The first-order valence-electron chi connectivity index (χ1n) is 6.39. The maximum absolute atomic E-state index is 12.4. The molecular formula is C12H20N4OS. The molecule has 100 valence electrons. The van der Waals surface area contributed by atoms with E-state index in [1.807, 2.05) is 11.8 Å². The van der Waals surface area contributed by atoms with E-state index >= 15 is 0 Å². The summed E-state index contributed by atoms with van der Waals surface area (Å²) in [5, 5.41) is 3.61. The van der Waals surface area contributed by atoms with Gasteiger partial charge in [-0.3, -0.25) is 4.79 Å². The number of hydrogen-bond acceptors (Lipinski definition) is 5. The van der Waals surface area contributed by atoms with E-state index in [-0.39, 0.29) is 5.91 Å². The maximum atomic E-state index is 12.4. The maximum Gasteiger partial charge on any atom is 0.267 e. The molecule has 1 fully saturated rings. The molecule has 0 unspecified atom stereocenters. The summed E-state index contributed by atoms with van der Waals surface area (Å²) < 4.78 is 0. The van der Waals surface area contributed by atoms with Gasteiger partial charge < -0.3 is 16.0 Å². The average Bonchev–Trinajstić information content (AvgIpc) is 2.69. The van der Waals surface area contributed by atoms with Gasteiger partial charge in [0.1, 0.15) is 10.7 Å². The molecule has 0 saturated heterocycles. The van der Waals surface area contributed by atoms with Gasteiger partial charge in [-0.2, -0.15) is 0 Å². The molecule has 0 aromatic carbocycles. The zero-order valence-corrected chi connectivity index (χ0v) is 11.7. The standard InChI is InChI=1S/C12H20N4OS/c1-3-16(7-8-5-4-6-8)11(17)9-10(13)15-12(14-2)18-9/h8H,3-7,13H2,1-2H3,(H,14,15). The summed E-state index contributed by atoms with van der Waals surface area (Å²) in [4.78, 5) is 18.9. The molecular weight excluding hydrogens is 248 g/mol. The van der Waals surface area contributed by atoms with Crippen LogP contribution in [0.5, 0.6) is 0 Å². The molecule has 0 spiro atoms. The van der Waals surface area contributed by atoms with Crippen molar-refractivity contribution in [2.24, 2.45) is 5.92 Å². The molecule has 6 heteroatoms. The van der Waals surface area contributed by atoms with Crippen molar-refractivity contribution in [2.75, 3.05) is 31.2 Å². The average molecular weight is 268 g/mol. The van der Waals surface area contributed by atoms with Crippen LogP contribution in [0.1, 0.15) is 35.9 Å². The summed E-state index contributed by atoms with van der Waals surface area (Å²) >= 11 is 1.33. The van der Waals surface area contributed by atoms with Crippen LogP contribution >= 0.6 is 11.3 Å². The topological polar surface area (TPSA) is 71.2 Å². The zero-order valence-electron chi connectivity index (χ0n) is 10.9. The highest BCUT2D eigenvalue weighted by Crippen LogP contribution is 2.30. The molecule has 0 aliphatic heterocycles. The molecule has 1 aliphatic carbocycles.